The first-order valence-electron chi connectivity index (χ1n) is 4.68. The summed E-state index contributed by atoms with van der Waals surface area (Å²) >= 11 is 0. The Morgan fingerprint density at radius 3 is 2.73 bits per heavy atom. The summed E-state index contributed by atoms with van der Waals surface area (Å²) in [5.74, 6) is 0. The van der Waals surface area contributed by atoms with Crippen molar-refractivity contribution in [3.8, 4) is 0 Å². The molecule has 0 radical (unpaired) electrons. The topological polar surface area (TPSA) is 3.24 Å². The van der Waals surface area contributed by atoms with Gasteiger partial charge in [0, 0.05) is 18.3 Å². The average Bonchev–Trinajstić information content (AvgIpc) is 2.04. The Balaban J connectivity index is 2.51. The van der Waals surface area contributed by atoms with Gasteiger partial charge in [0.05, 0.1) is 0 Å². The van der Waals surface area contributed by atoms with Crippen LogP contribution in [0.15, 0.2) is 12.3 Å². The predicted molar refractivity (Wildman–Crippen MR) is 49.5 cm³/mol. The van der Waals surface area contributed by atoms with Gasteiger partial charge in [-0.25, -0.2) is 0 Å². The van der Waals surface area contributed by atoms with E-state index in [1.54, 1.807) is 0 Å². The van der Waals surface area contributed by atoms with Crippen LogP contribution in [0, 0.1) is 0 Å². The fourth-order valence-electron chi connectivity index (χ4n) is 1.93. The van der Waals surface area contributed by atoms with E-state index in [0.717, 1.165) is 6.04 Å². The standard InChI is InChI=1S/C10H19N/c1-4-10-7-5-6-8-11(10)9(2)3/h10H,2,4-8H2,1,3H3. The summed E-state index contributed by atoms with van der Waals surface area (Å²) < 4.78 is 0. The molecule has 0 aromatic rings. The minimum Gasteiger partial charge on any atom is -0.373 e. The van der Waals surface area contributed by atoms with Gasteiger partial charge in [-0.3, -0.25) is 0 Å². The van der Waals surface area contributed by atoms with E-state index in [1.165, 1.54) is 37.9 Å². The Morgan fingerprint density at radius 2 is 2.27 bits per heavy atom. The molecule has 0 amide bonds. The molecule has 64 valence electrons. The first-order valence-corrected chi connectivity index (χ1v) is 4.68. The van der Waals surface area contributed by atoms with Crippen LogP contribution in [0.5, 0.6) is 0 Å². The normalized spacial score (nSPS) is 25.3. The van der Waals surface area contributed by atoms with Crippen LogP contribution in [-0.2, 0) is 0 Å². The van der Waals surface area contributed by atoms with Gasteiger partial charge >= 0.3 is 0 Å². The third-order valence-corrected chi connectivity index (χ3v) is 2.59. The predicted octanol–water partition coefficient (Wildman–Crippen LogP) is 2.78. The van der Waals surface area contributed by atoms with Gasteiger partial charge < -0.3 is 4.90 Å². The van der Waals surface area contributed by atoms with Crippen LogP contribution in [-0.4, -0.2) is 17.5 Å². The molecular weight excluding hydrogens is 134 g/mol. The summed E-state index contributed by atoms with van der Waals surface area (Å²) in [7, 11) is 0. The van der Waals surface area contributed by atoms with Crippen LogP contribution < -0.4 is 0 Å². The van der Waals surface area contributed by atoms with Gasteiger partial charge in [-0.1, -0.05) is 13.5 Å². The molecule has 1 atom stereocenters. The molecule has 1 rings (SSSR count). The zero-order valence-electron chi connectivity index (χ0n) is 7.77. The Bertz CT molecular complexity index is 140. The van der Waals surface area contributed by atoms with Crippen molar-refractivity contribution in [2.24, 2.45) is 0 Å². The monoisotopic (exact) mass is 153 g/mol. The lowest BCUT2D eigenvalue weighted by Gasteiger charge is -2.37. The summed E-state index contributed by atoms with van der Waals surface area (Å²) in [6.45, 7) is 9.62. The van der Waals surface area contributed by atoms with Crippen molar-refractivity contribution in [1.82, 2.24) is 4.90 Å². The van der Waals surface area contributed by atoms with E-state index in [0.29, 0.717) is 0 Å². The molecule has 0 spiro atoms. The summed E-state index contributed by atoms with van der Waals surface area (Å²) in [4.78, 5) is 2.46. The molecule has 0 aromatic heterocycles. The van der Waals surface area contributed by atoms with Gasteiger partial charge in [-0.05, 0) is 32.6 Å². The molecule has 11 heavy (non-hydrogen) atoms. The molecule has 0 saturated carbocycles. The number of hydrogen-bond acceptors (Lipinski definition) is 1. The molecule has 1 aliphatic rings. The first kappa shape index (κ1) is 8.63. The molecule has 1 nitrogen and oxygen atoms in total. The maximum Gasteiger partial charge on any atom is 0.0283 e. The van der Waals surface area contributed by atoms with Crippen molar-refractivity contribution in [2.45, 2.75) is 45.6 Å². The van der Waals surface area contributed by atoms with Crippen LogP contribution in [0.4, 0.5) is 0 Å². The maximum atomic E-state index is 4.00. The third kappa shape index (κ3) is 1.98. The Labute approximate surface area is 70.1 Å². The molecule has 1 aliphatic heterocycles. The van der Waals surface area contributed by atoms with Crippen molar-refractivity contribution in [3.05, 3.63) is 12.3 Å². The van der Waals surface area contributed by atoms with E-state index >= 15 is 0 Å². The van der Waals surface area contributed by atoms with Crippen LogP contribution in [0.3, 0.4) is 0 Å². The lowest BCUT2D eigenvalue weighted by Crippen LogP contribution is -2.37. The van der Waals surface area contributed by atoms with Gasteiger partial charge in [0.2, 0.25) is 0 Å². The molecule has 0 N–H and O–H groups in total. The minimum absolute atomic E-state index is 0.779. The molecule has 1 heteroatoms. The van der Waals surface area contributed by atoms with E-state index in [9.17, 15) is 0 Å². The van der Waals surface area contributed by atoms with E-state index in [1.807, 2.05) is 0 Å². The molecule has 0 bridgehead atoms. The molecule has 1 unspecified atom stereocenters. The quantitative estimate of drug-likeness (QED) is 0.589. The molecule has 1 saturated heterocycles. The molecule has 1 heterocycles. The van der Waals surface area contributed by atoms with Gasteiger partial charge in [0.15, 0.2) is 0 Å². The summed E-state index contributed by atoms with van der Waals surface area (Å²) in [6, 6.07) is 0.779. The Hall–Kier alpha value is -0.460. The average molecular weight is 153 g/mol. The number of rotatable bonds is 2. The first-order chi connectivity index (χ1) is 5.25. The fourth-order valence-corrected chi connectivity index (χ4v) is 1.93. The zero-order chi connectivity index (χ0) is 8.27. The maximum absolute atomic E-state index is 4.00. The number of nitrogens with zero attached hydrogens (tertiary/aromatic N) is 1. The van der Waals surface area contributed by atoms with Gasteiger partial charge in [-0.2, -0.15) is 0 Å². The van der Waals surface area contributed by atoms with Crippen molar-refractivity contribution in [2.75, 3.05) is 6.54 Å². The number of hydrogen-bond donors (Lipinski definition) is 0. The van der Waals surface area contributed by atoms with Crippen LogP contribution >= 0.6 is 0 Å². The van der Waals surface area contributed by atoms with Crippen molar-refractivity contribution < 1.29 is 0 Å². The highest BCUT2D eigenvalue weighted by atomic mass is 15.2. The molecule has 0 aliphatic carbocycles. The van der Waals surface area contributed by atoms with E-state index < -0.39 is 0 Å². The van der Waals surface area contributed by atoms with Gasteiger partial charge in [0.1, 0.15) is 0 Å². The number of piperidine rings is 1. The number of likely N-dealkylation sites (tertiary alicyclic amines) is 1. The lowest BCUT2D eigenvalue weighted by molar-refractivity contribution is 0.190. The molecule has 0 aromatic carbocycles. The summed E-state index contributed by atoms with van der Waals surface area (Å²) in [6.07, 6.45) is 5.39. The van der Waals surface area contributed by atoms with Gasteiger partial charge in [-0.15, -0.1) is 0 Å². The Kier molecular flexibility index (Phi) is 2.98. The SMILES string of the molecule is C=C(C)N1CCCCC1CC. The fraction of sp³-hybridized carbons (Fsp3) is 0.800. The highest BCUT2D eigenvalue weighted by Gasteiger charge is 2.19. The second-order valence-corrected chi connectivity index (χ2v) is 3.49. The van der Waals surface area contributed by atoms with Crippen LogP contribution in [0.1, 0.15) is 39.5 Å². The van der Waals surface area contributed by atoms with Gasteiger partial charge in [0.25, 0.3) is 0 Å². The second kappa shape index (κ2) is 3.80. The Morgan fingerprint density at radius 1 is 1.55 bits per heavy atom. The van der Waals surface area contributed by atoms with E-state index in [4.69, 9.17) is 0 Å². The second-order valence-electron chi connectivity index (χ2n) is 3.49. The van der Waals surface area contributed by atoms with Crippen LogP contribution in [0.2, 0.25) is 0 Å². The zero-order valence-corrected chi connectivity index (χ0v) is 7.77. The van der Waals surface area contributed by atoms with E-state index in [2.05, 4.69) is 25.3 Å². The number of allylic oxidation sites excluding steroid dienone is 1. The highest BCUT2D eigenvalue weighted by molar-refractivity contribution is 4.94. The summed E-state index contributed by atoms with van der Waals surface area (Å²) in [5, 5.41) is 0. The molecule has 1 fully saturated rings. The minimum atomic E-state index is 0.779. The largest absolute Gasteiger partial charge is 0.373 e. The lowest BCUT2D eigenvalue weighted by atomic mass is 10.00. The van der Waals surface area contributed by atoms with Crippen molar-refractivity contribution in [1.29, 1.82) is 0 Å². The highest BCUT2D eigenvalue weighted by Crippen LogP contribution is 2.22. The van der Waals surface area contributed by atoms with Crippen molar-refractivity contribution >= 4 is 0 Å². The summed E-state index contributed by atoms with van der Waals surface area (Å²) in [5.41, 5.74) is 1.25. The van der Waals surface area contributed by atoms with Crippen molar-refractivity contribution in [3.63, 3.8) is 0 Å². The van der Waals surface area contributed by atoms with E-state index in [-0.39, 0.29) is 0 Å². The molecular formula is C10H19N. The van der Waals surface area contributed by atoms with Crippen LogP contribution in [0.25, 0.3) is 0 Å². The third-order valence-electron chi connectivity index (χ3n) is 2.59. The smallest absolute Gasteiger partial charge is 0.0283 e.